The first kappa shape index (κ1) is 37.1. The number of piperidine rings is 1. The highest BCUT2D eigenvalue weighted by molar-refractivity contribution is 5.84. The van der Waals surface area contributed by atoms with Crippen LogP contribution in [0.2, 0.25) is 0 Å². The minimum absolute atomic E-state index is 0.178. The first-order chi connectivity index (χ1) is 24.5. The molecule has 1 aromatic heterocycles. The van der Waals surface area contributed by atoms with Crippen molar-refractivity contribution in [2.45, 2.75) is 109 Å². The van der Waals surface area contributed by atoms with Gasteiger partial charge in [0.05, 0.1) is 31.8 Å². The summed E-state index contributed by atoms with van der Waals surface area (Å²) in [5.74, 6) is -0.374. The van der Waals surface area contributed by atoms with Gasteiger partial charge in [-0.1, -0.05) is 60.7 Å². The van der Waals surface area contributed by atoms with Crippen LogP contribution in [0.5, 0.6) is 0 Å². The molecule has 0 bridgehead atoms. The number of ether oxygens (including phenoxy) is 5. The standard InChI is InChI=1S/C38H47N5O9/c1-24-19-42(32(45)41-30(24)44)31-28-29-37(50-31,23-48-20-25-14-10-8-11-15-25)22-38(29,49-21-26-16-12-9-13-17-26)43(28)27(40-34(47)52-36(5,6)7)18-39-33(46)51-35(2,3)4/h8-19,27-29,31H,20-23H2,1-7H3,(H,40,47)(H,41,44,45)/b39-18-/t27?,28-,29+,31-,37-,38-/m1/s1. The van der Waals surface area contributed by atoms with Crippen molar-refractivity contribution in [2.24, 2.45) is 10.9 Å². The van der Waals surface area contributed by atoms with Crippen LogP contribution in [0.3, 0.4) is 0 Å². The number of H-pyrrole nitrogens is 1. The Morgan fingerprint density at radius 3 is 2.21 bits per heavy atom. The summed E-state index contributed by atoms with van der Waals surface area (Å²) in [7, 11) is 0. The molecule has 3 aliphatic rings. The summed E-state index contributed by atoms with van der Waals surface area (Å²) in [5.41, 5.74) is -2.58. The summed E-state index contributed by atoms with van der Waals surface area (Å²) in [6.45, 7) is 12.7. The summed E-state index contributed by atoms with van der Waals surface area (Å²) in [4.78, 5) is 60.4. The molecule has 0 spiro atoms. The predicted octanol–water partition coefficient (Wildman–Crippen LogP) is 4.80. The fraction of sp³-hybridized carbons (Fsp3) is 0.500. The number of benzene rings is 2. The highest BCUT2D eigenvalue weighted by Gasteiger charge is 2.85. The molecule has 1 unspecified atom stereocenters. The number of aromatic nitrogens is 2. The van der Waals surface area contributed by atoms with E-state index in [0.717, 1.165) is 11.1 Å². The first-order valence-corrected chi connectivity index (χ1v) is 17.3. The fourth-order valence-corrected chi connectivity index (χ4v) is 7.35. The molecule has 0 radical (unpaired) electrons. The van der Waals surface area contributed by atoms with Gasteiger partial charge >= 0.3 is 17.9 Å². The zero-order valence-corrected chi connectivity index (χ0v) is 30.6. The van der Waals surface area contributed by atoms with Crippen molar-refractivity contribution in [1.29, 1.82) is 0 Å². The lowest BCUT2D eigenvalue weighted by Gasteiger charge is -2.72. The quantitative estimate of drug-likeness (QED) is 0.264. The molecule has 2 aliphatic heterocycles. The average molecular weight is 718 g/mol. The van der Waals surface area contributed by atoms with Crippen LogP contribution >= 0.6 is 0 Å². The number of likely N-dealkylation sites (tertiary alicyclic amines) is 1. The van der Waals surface area contributed by atoms with Crippen molar-refractivity contribution in [1.82, 2.24) is 19.8 Å². The number of hydrogen-bond acceptors (Lipinski definition) is 10. The maximum atomic E-state index is 13.4. The van der Waals surface area contributed by atoms with Gasteiger partial charge in [-0.2, -0.15) is 4.99 Å². The van der Waals surface area contributed by atoms with Crippen molar-refractivity contribution < 1.29 is 33.3 Å². The fourth-order valence-electron chi connectivity index (χ4n) is 7.35. The molecule has 6 rings (SSSR count). The van der Waals surface area contributed by atoms with Gasteiger partial charge in [0.15, 0.2) is 6.23 Å². The molecule has 14 nitrogen and oxygen atoms in total. The molecule has 1 saturated carbocycles. The van der Waals surface area contributed by atoms with Gasteiger partial charge in [0, 0.05) is 24.4 Å². The molecule has 3 aromatic rings. The SMILES string of the molecule is Cc1cn([C@@H]2O[C@@]3(COCc4ccccc4)C[C@@]4(OCc5ccccc5)[C@H]3[C@H]2N4C(/C=N\C(=O)OC(C)(C)C)NC(=O)OC(C)(C)C)c(=O)[nH]c1=O. The monoisotopic (exact) mass is 717 g/mol. The molecular weight excluding hydrogens is 670 g/mol. The molecule has 2 aromatic carbocycles. The summed E-state index contributed by atoms with van der Waals surface area (Å²) in [5, 5.41) is 2.86. The van der Waals surface area contributed by atoms with E-state index in [0.29, 0.717) is 12.2 Å². The van der Waals surface area contributed by atoms with E-state index in [-0.39, 0.29) is 25.6 Å². The van der Waals surface area contributed by atoms with Gasteiger partial charge in [-0.05, 0) is 59.6 Å². The highest BCUT2D eigenvalue weighted by atomic mass is 16.6. The largest absolute Gasteiger partial charge is 0.444 e. The average Bonchev–Trinajstić information content (AvgIpc) is 3.18. The maximum Gasteiger partial charge on any atom is 0.433 e. The van der Waals surface area contributed by atoms with Crippen molar-refractivity contribution >= 4 is 18.4 Å². The maximum absolute atomic E-state index is 13.4. The van der Waals surface area contributed by atoms with E-state index in [1.807, 2.05) is 65.6 Å². The summed E-state index contributed by atoms with van der Waals surface area (Å²) in [6, 6.07) is 18.8. The number of aliphatic imine (C=N–C) groups is 1. The minimum atomic E-state index is -1.09. The van der Waals surface area contributed by atoms with Crippen molar-refractivity contribution in [3.63, 3.8) is 0 Å². The molecule has 2 amide bonds. The minimum Gasteiger partial charge on any atom is -0.444 e. The number of hydrogen-bond donors (Lipinski definition) is 2. The van der Waals surface area contributed by atoms with E-state index in [1.165, 1.54) is 17.0 Å². The topological polar surface area (TPSA) is 163 Å². The lowest BCUT2D eigenvalue weighted by atomic mass is 9.53. The van der Waals surface area contributed by atoms with Crippen LogP contribution in [0, 0.1) is 12.8 Å². The zero-order chi connectivity index (χ0) is 37.5. The Bertz CT molecular complexity index is 1920. The number of carbonyl (C=O) groups is 2. The Labute approximate surface area is 302 Å². The Kier molecular flexibility index (Phi) is 10.0. The van der Waals surface area contributed by atoms with Gasteiger partial charge in [0.1, 0.15) is 28.7 Å². The molecule has 3 heterocycles. The smallest absolute Gasteiger partial charge is 0.433 e. The normalized spacial score (nSPS) is 25.9. The third-order valence-corrected chi connectivity index (χ3v) is 9.24. The van der Waals surface area contributed by atoms with Gasteiger partial charge in [-0.3, -0.25) is 14.3 Å². The van der Waals surface area contributed by atoms with E-state index in [4.69, 9.17) is 23.7 Å². The summed E-state index contributed by atoms with van der Waals surface area (Å²) >= 11 is 0. The van der Waals surface area contributed by atoms with Gasteiger partial charge < -0.3 is 29.0 Å². The van der Waals surface area contributed by atoms with E-state index in [1.54, 1.807) is 48.5 Å². The highest BCUT2D eigenvalue weighted by Crippen LogP contribution is 2.71. The number of carbonyl (C=O) groups excluding carboxylic acids is 2. The number of aryl methyl sites for hydroxylation is 1. The Morgan fingerprint density at radius 2 is 1.60 bits per heavy atom. The number of rotatable bonds is 11. The molecule has 2 saturated heterocycles. The zero-order valence-electron chi connectivity index (χ0n) is 30.6. The number of nitrogens with one attached hydrogen (secondary N) is 2. The Morgan fingerprint density at radius 1 is 0.981 bits per heavy atom. The van der Waals surface area contributed by atoms with Gasteiger partial charge in [0.2, 0.25) is 0 Å². The molecule has 14 heteroatoms. The second-order valence-electron chi connectivity index (χ2n) is 15.6. The first-order valence-electron chi connectivity index (χ1n) is 17.3. The molecule has 2 N–H and O–H groups in total. The second-order valence-corrected chi connectivity index (χ2v) is 15.6. The molecular formula is C38H47N5O9. The Hall–Kier alpha value is -4.63. The third-order valence-electron chi connectivity index (χ3n) is 9.24. The van der Waals surface area contributed by atoms with Gasteiger partial charge in [0.25, 0.3) is 5.56 Å². The van der Waals surface area contributed by atoms with Crippen molar-refractivity contribution in [3.05, 3.63) is 104 Å². The van der Waals surface area contributed by atoms with Crippen LogP contribution in [0.15, 0.2) is 81.4 Å². The van der Waals surface area contributed by atoms with E-state index in [2.05, 4.69) is 15.3 Å². The van der Waals surface area contributed by atoms with Gasteiger partial charge in [-0.15, -0.1) is 0 Å². The van der Waals surface area contributed by atoms with Crippen LogP contribution in [-0.4, -0.2) is 74.2 Å². The van der Waals surface area contributed by atoms with E-state index < -0.39 is 64.4 Å². The number of nitrogens with zero attached hydrogens (tertiary/aromatic N) is 3. The summed E-state index contributed by atoms with van der Waals surface area (Å²) in [6.07, 6.45) is -0.646. The second kappa shape index (κ2) is 14.1. The number of amides is 2. The molecule has 6 atom stereocenters. The van der Waals surface area contributed by atoms with Crippen molar-refractivity contribution in [2.75, 3.05) is 6.61 Å². The van der Waals surface area contributed by atoms with Crippen LogP contribution in [-0.2, 0) is 36.9 Å². The lowest BCUT2D eigenvalue weighted by molar-refractivity contribution is -0.386. The third kappa shape index (κ3) is 7.61. The van der Waals surface area contributed by atoms with Crippen LogP contribution in [0.1, 0.15) is 70.9 Å². The number of aromatic amines is 1. The van der Waals surface area contributed by atoms with E-state index in [9.17, 15) is 19.2 Å². The Balaban J connectivity index is 1.42. The summed E-state index contributed by atoms with van der Waals surface area (Å²) < 4.78 is 32.4. The van der Waals surface area contributed by atoms with E-state index >= 15 is 0 Å². The number of alkyl carbamates (subject to hydrolysis) is 1. The molecule has 278 valence electrons. The molecule has 1 aliphatic carbocycles. The van der Waals surface area contributed by atoms with Crippen LogP contribution in [0.4, 0.5) is 9.59 Å². The molecule has 52 heavy (non-hydrogen) atoms. The predicted molar refractivity (Wildman–Crippen MR) is 191 cm³/mol. The van der Waals surface area contributed by atoms with Crippen LogP contribution < -0.4 is 16.6 Å². The van der Waals surface area contributed by atoms with Crippen LogP contribution in [0.25, 0.3) is 0 Å². The lowest BCUT2D eigenvalue weighted by Crippen LogP contribution is -2.89. The van der Waals surface area contributed by atoms with Crippen molar-refractivity contribution in [3.8, 4) is 0 Å². The molecule has 3 fully saturated rings. The van der Waals surface area contributed by atoms with Gasteiger partial charge in [-0.25, -0.2) is 19.3 Å².